The van der Waals surface area contributed by atoms with Crippen LogP contribution < -0.4 is 5.10 Å². The predicted molar refractivity (Wildman–Crippen MR) is 76.1 cm³/mol. The van der Waals surface area contributed by atoms with Crippen molar-refractivity contribution in [2.75, 3.05) is 0 Å². The first-order chi connectivity index (χ1) is 8.86. The molecule has 0 fully saturated rings. The summed E-state index contributed by atoms with van der Waals surface area (Å²) in [7, 11) is 0. The van der Waals surface area contributed by atoms with Gasteiger partial charge in [0.15, 0.2) is 0 Å². The summed E-state index contributed by atoms with van der Waals surface area (Å²) in [5, 5.41) is 8.53. The smallest absolute Gasteiger partial charge is 0.574 e. The van der Waals surface area contributed by atoms with E-state index in [-0.39, 0.29) is 22.4 Å². The van der Waals surface area contributed by atoms with Gasteiger partial charge in [-0.15, -0.1) is 0 Å². The number of hydrogen-bond acceptors (Lipinski definition) is 1. The van der Waals surface area contributed by atoms with Gasteiger partial charge >= 0.3 is 22.4 Å². The predicted octanol–water partition coefficient (Wildman–Crippen LogP) is 4.13. The van der Waals surface area contributed by atoms with E-state index in [9.17, 15) is 0 Å². The molecule has 0 aliphatic heterocycles. The Bertz CT molecular complexity index is 593. The summed E-state index contributed by atoms with van der Waals surface area (Å²) in [5.41, 5.74) is 3.90. The van der Waals surface area contributed by atoms with E-state index >= 15 is 0 Å². The van der Waals surface area contributed by atoms with Gasteiger partial charge in [0.1, 0.15) is 0 Å². The van der Waals surface area contributed by atoms with Crippen LogP contribution in [0.1, 0.15) is 0 Å². The number of hydrogen-bond donors (Lipinski definition) is 0. The van der Waals surface area contributed by atoms with Crippen molar-refractivity contribution in [1.29, 1.82) is 0 Å². The van der Waals surface area contributed by atoms with Crippen LogP contribution in [-0.2, 0) is 22.4 Å². The average Bonchev–Trinajstić information content (AvgIpc) is 2.83. The molecule has 0 N–H and O–H groups in total. The molecule has 1 heterocycles. The molecular weight excluding hydrogens is 396 g/mol. The van der Waals surface area contributed by atoms with E-state index in [0.717, 1.165) is 27.0 Å². The van der Waals surface area contributed by atoms with E-state index in [0.29, 0.717) is 0 Å². The molecule has 0 aliphatic rings. The van der Waals surface area contributed by atoms with Gasteiger partial charge < -0.3 is 10.2 Å². The van der Waals surface area contributed by atoms with Gasteiger partial charge in [0, 0.05) is 4.47 Å². The molecule has 0 bridgehead atoms. The third kappa shape index (κ3) is 2.90. The van der Waals surface area contributed by atoms with Crippen molar-refractivity contribution in [1.82, 2.24) is 10.2 Å². The Morgan fingerprint density at radius 2 is 1.32 bits per heavy atom. The largest absolute Gasteiger partial charge is 1.00 e. The molecule has 3 aromatic rings. The zero-order chi connectivity index (χ0) is 12.4. The van der Waals surface area contributed by atoms with Crippen LogP contribution in [-0.4, -0.2) is 5.10 Å². The van der Waals surface area contributed by atoms with Crippen LogP contribution in [0.15, 0.2) is 65.1 Å². The number of nitrogens with zero attached hydrogens (tertiary/aromatic N) is 2. The van der Waals surface area contributed by atoms with E-state index in [1.807, 2.05) is 60.7 Å². The van der Waals surface area contributed by atoms with Gasteiger partial charge in [-0.2, -0.15) is 0 Å². The zero-order valence-electron chi connectivity index (χ0n) is 9.85. The molecule has 98 valence electrons. The van der Waals surface area contributed by atoms with E-state index < -0.39 is 0 Å². The van der Waals surface area contributed by atoms with E-state index in [1.54, 1.807) is 0 Å². The minimum absolute atomic E-state index is 0. The molecule has 0 amide bonds. The van der Waals surface area contributed by atoms with Crippen LogP contribution >= 0.6 is 15.9 Å². The maximum absolute atomic E-state index is 4.27. The van der Waals surface area contributed by atoms with Gasteiger partial charge in [-0.1, -0.05) is 66.4 Å². The minimum atomic E-state index is 0. The summed E-state index contributed by atoms with van der Waals surface area (Å²) in [6, 6.07) is 20.1. The van der Waals surface area contributed by atoms with Crippen LogP contribution in [0.25, 0.3) is 22.5 Å². The van der Waals surface area contributed by atoms with Crippen molar-refractivity contribution in [3.63, 3.8) is 0 Å². The molecular formula is C15H10AgBrN2. The Kier molecular flexibility index (Phi) is 4.77. The molecule has 0 atom stereocenters. The first kappa shape index (κ1) is 14.3. The summed E-state index contributed by atoms with van der Waals surface area (Å²) in [4.78, 5) is 0. The fourth-order valence-electron chi connectivity index (χ4n) is 1.86. The number of rotatable bonds is 2. The molecule has 0 radical (unpaired) electrons. The SMILES string of the molecule is Brc1c(-c2ccccc2)n[n-]c1-c1ccccc1.[Ag+]. The molecule has 3 rings (SSSR count). The summed E-state index contributed by atoms with van der Waals surface area (Å²) in [6.07, 6.45) is 0. The molecule has 19 heavy (non-hydrogen) atoms. The zero-order valence-corrected chi connectivity index (χ0v) is 12.9. The number of benzene rings is 2. The fourth-order valence-corrected chi connectivity index (χ4v) is 2.48. The summed E-state index contributed by atoms with van der Waals surface area (Å²) < 4.78 is 0.944. The molecule has 1 aromatic heterocycles. The Balaban J connectivity index is 0.00000133. The Labute approximate surface area is 135 Å². The maximum atomic E-state index is 4.27. The average molecular weight is 406 g/mol. The van der Waals surface area contributed by atoms with Gasteiger partial charge in [0.25, 0.3) is 0 Å². The van der Waals surface area contributed by atoms with Crippen molar-refractivity contribution < 1.29 is 22.4 Å². The monoisotopic (exact) mass is 404 g/mol. The Hall–Kier alpha value is -1.13. The van der Waals surface area contributed by atoms with Gasteiger partial charge in [-0.05, 0) is 27.1 Å². The van der Waals surface area contributed by atoms with E-state index in [2.05, 4.69) is 26.1 Å². The van der Waals surface area contributed by atoms with E-state index in [1.165, 1.54) is 0 Å². The molecule has 0 spiro atoms. The third-order valence-electron chi connectivity index (χ3n) is 2.76. The van der Waals surface area contributed by atoms with Crippen molar-refractivity contribution >= 4 is 15.9 Å². The summed E-state index contributed by atoms with van der Waals surface area (Å²) >= 11 is 3.60. The topological polar surface area (TPSA) is 27.0 Å². The molecule has 0 saturated heterocycles. The maximum Gasteiger partial charge on any atom is 1.00 e. The fraction of sp³-hybridized carbons (Fsp3) is 0. The van der Waals surface area contributed by atoms with Crippen molar-refractivity contribution in [3.05, 3.63) is 65.1 Å². The van der Waals surface area contributed by atoms with E-state index in [4.69, 9.17) is 0 Å². The number of aromatic nitrogens is 2. The summed E-state index contributed by atoms with van der Waals surface area (Å²) in [5.74, 6) is 0. The van der Waals surface area contributed by atoms with Crippen LogP contribution in [0.4, 0.5) is 0 Å². The summed E-state index contributed by atoms with van der Waals surface area (Å²) in [6.45, 7) is 0. The molecule has 0 saturated carbocycles. The number of halogens is 1. The Morgan fingerprint density at radius 1 is 0.789 bits per heavy atom. The van der Waals surface area contributed by atoms with Crippen LogP contribution in [0, 0.1) is 0 Å². The second-order valence-electron chi connectivity index (χ2n) is 3.94. The molecule has 2 aromatic carbocycles. The standard InChI is InChI=1S/C15H10BrN2.Ag/c16-13-14(11-7-3-1-4-8-11)17-18-15(13)12-9-5-2-6-10-12;/h1-10H;/q-1;+1. The molecule has 4 heteroatoms. The van der Waals surface area contributed by atoms with Crippen LogP contribution in [0.5, 0.6) is 0 Å². The second kappa shape index (κ2) is 6.35. The van der Waals surface area contributed by atoms with Crippen molar-refractivity contribution in [2.45, 2.75) is 0 Å². The van der Waals surface area contributed by atoms with Crippen molar-refractivity contribution in [2.24, 2.45) is 0 Å². The van der Waals surface area contributed by atoms with Crippen LogP contribution in [0.2, 0.25) is 0 Å². The van der Waals surface area contributed by atoms with Gasteiger partial charge in [0.05, 0.1) is 5.69 Å². The quantitative estimate of drug-likeness (QED) is 0.599. The first-order valence-corrected chi connectivity index (χ1v) is 6.45. The second-order valence-corrected chi connectivity index (χ2v) is 4.74. The third-order valence-corrected chi connectivity index (χ3v) is 3.51. The molecule has 0 aliphatic carbocycles. The van der Waals surface area contributed by atoms with Crippen molar-refractivity contribution in [3.8, 4) is 22.5 Å². The molecule has 2 nitrogen and oxygen atoms in total. The van der Waals surface area contributed by atoms with Gasteiger partial charge in [-0.3, -0.25) is 0 Å². The van der Waals surface area contributed by atoms with Gasteiger partial charge in [-0.25, -0.2) is 0 Å². The minimum Gasteiger partial charge on any atom is -0.574 e. The molecule has 0 unspecified atom stereocenters. The Morgan fingerprint density at radius 3 is 1.89 bits per heavy atom. The van der Waals surface area contributed by atoms with Crippen LogP contribution in [0.3, 0.4) is 0 Å². The first-order valence-electron chi connectivity index (χ1n) is 5.66. The van der Waals surface area contributed by atoms with Gasteiger partial charge in [0.2, 0.25) is 0 Å². The normalized spacial score (nSPS) is 9.95.